The number of halogens is 1. The molecule has 0 aliphatic carbocycles. The van der Waals surface area contributed by atoms with E-state index >= 15 is 0 Å². The minimum atomic E-state index is -0.295. The van der Waals surface area contributed by atoms with Crippen LogP contribution in [0.5, 0.6) is 0 Å². The second kappa shape index (κ2) is 5.61. The first-order valence-electron chi connectivity index (χ1n) is 6.88. The van der Waals surface area contributed by atoms with Crippen LogP contribution in [0.25, 0.3) is 10.8 Å². The van der Waals surface area contributed by atoms with E-state index in [1.54, 1.807) is 36.2 Å². The molecule has 0 aromatic heterocycles. The fourth-order valence-electron chi connectivity index (χ4n) is 2.27. The van der Waals surface area contributed by atoms with E-state index in [2.05, 4.69) is 13.8 Å². The van der Waals surface area contributed by atoms with Crippen LogP contribution in [0.3, 0.4) is 0 Å². The normalized spacial score (nSPS) is 12.7. The van der Waals surface area contributed by atoms with Gasteiger partial charge in [-0.2, -0.15) is 0 Å². The summed E-state index contributed by atoms with van der Waals surface area (Å²) < 4.78 is 13.8. The Hall–Kier alpha value is -1.90. The summed E-state index contributed by atoms with van der Waals surface area (Å²) in [6.45, 7) is 6.18. The molecule has 1 unspecified atom stereocenters. The highest BCUT2D eigenvalue weighted by molar-refractivity contribution is 6.07. The van der Waals surface area contributed by atoms with Crippen molar-refractivity contribution in [3.8, 4) is 0 Å². The van der Waals surface area contributed by atoms with Crippen molar-refractivity contribution in [3.05, 3.63) is 47.8 Å². The van der Waals surface area contributed by atoms with Gasteiger partial charge >= 0.3 is 0 Å². The minimum absolute atomic E-state index is 0.0672. The molecule has 2 aromatic rings. The third-order valence-electron chi connectivity index (χ3n) is 4.00. The van der Waals surface area contributed by atoms with Crippen LogP contribution in [0, 0.1) is 11.7 Å². The van der Waals surface area contributed by atoms with Crippen molar-refractivity contribution in [2.24, 2.45) is 5.92 Å². The summed E-state index contributed by atoms with van der Waals surface area (Å²) in [4.78, 5) is 14.3. The molecule has 20 heavy (non-hydrogen) atoms. The second-order valence-corrected chi connectivity index (χ2v) is 5.54. The molecular formula is C17H20FNO. The van der Waals surface area contributed by atoms with Gasteiger partial charge in [-0.25, -0.2) is 4.39 Å². The lowest BCUT2D eigenvalue weighted by Gasteiger charge is -2.28. The molecule has 2 nitrogen and oxygen atoms in total. The molecule has 0 saturated heterocycles. The van der Waals surface area contributed by atoms with Gasteiger partial charge in [0.05, 0.1) is 0 Å². The average molecular weight is 273 g/mol. The Labute approximate surface area is 119 Å². The van der Waals surface area contributed by atoms with Gasteiger partial charge in [0.25, 0.3) is 5.91 Å². The van der Waals surface area contributed by atoms with Crippen LogP contribution in [-0.2, 0) is 0 Å². The topological polar surface area (TPSA) is 20.3 Å². The Kier molecular flexibility index (Phi) is 4.07. The lowest BCUT2D eigenvalue weighted by molar-refractivity contribution is 0.0709. The first kappa shape index (κ1) is 14.5. The molecule has 0 heterocycles. The van der Waals surface area contributed by atoms with Gasteiger partial charge in [-0.3, -0.25) is 4.79 Å². The molecule has 0 aliphatic heterocycles. The van der Waals surface area contributed by atoms with E-state index in [1.807, 2.05) is 13.0 Å². The van der Waals surface area contributed by atoms with Crippen LogP contribution in [0.2, 0.25) is 0 Å². The predicted molar refractivity (Wildman–Crippen MR) is 80.3 cm³/mol. The number of nitrogens with zero attached hydrogens (tertiary/aromatic N) is 1. The monoisotopic (exact) mass is 273 g/mol. The van der Waals surface area contributed by atoms with Gasteiger partial charge in [-0.15, -0.1) is 0 Å². The largest absolute Gasteiger partial charge is 0.339 e. The van der Waals surface area contributed by atoms with Crippen LogP contribution in [-0.4, -0.2) is 23.9 Å². The van der Waals surface area contributed by atoms with Crippen LogP contribution in [0.15, 0.2) is 36.4 Å². The van der Waals surface area contributed by atoms with Gasteiger partial charge < -0.3 is 4.90 Å². The number of hydrogen-bond acceptors (Lipinski definition) is 1. The van der Waals surface area contributed by atoms with Gasteiger partial charge in [0.15, 0.2) is 0 Å². The van der Waals surface area contributed by atoms with Crippen LogP contribution >= 0.6 is 0 Å². The maximum atomic E-state index is 13.8. The molecule has 1 amide bonds. The summed E-state index contributed by atoms with van der Waals surface area (Å²) >= 11 is 0. The number of fused-ring (bicyclic) bond motifs is 1. The smallest absolute Gasteiger partial charge is 0.254 e. The highest BCUT2D eigenvalue weighted by Gasteiger charge is 2.21. The number of benzene rings is 2. The van der Waals surface area contributed by atoms with Gasteiger partial charge in [0.2, 0.25) is 0 Å². The molecule has 0 spiro atoms. The van der Waals surface area contributed by atoms with Crippen LogP contribution in [0.1, 0.15) is 31.1 Å². The third-order valence-corrected chi connectivity index (χ3v) is 4.00. The summed E-state index contributed by atoms with van der Waals surface area (Å²) in [6.07, 6.45) is 0. The van der Waals surface area contributed by atoms with Crippen molar-refractivity contribution in [2.45, 2.75) is 26.8 Å². The lowest BCUT2D eigenvalue weighted by atomic mass is 10.0. The molecule has 0 saturated carbocycles. The molecule has 106 valence electrons. The standard InChI is InChI=1S/C17H20FNO/c1-11(2)12(3)19(4)17(20)15-9-10-16(18)14-8-6-5-7-13(14)15/h5-12H,1-4H3. The first-order chi connectivity index (χ1) is 9.43. The van der Waals surface area contributed by atoms with E-state index in [-0.39, 0.29) is 17.8 Å². The lowest BCUT2D eigenvalue weighted by Crippen LogP contribution is -2.38. The molecule has 0 aliphatic rings. The molecule has 0 fully saturated rings. The first-order valence-corrected chi connectivity index (χ1v) is 6.88. The zero-order valence-corrected chi connectivity index (χ0v) is 12.4. The quantitative estimate of drug-likeness (QED) is 0.824. The van der Waals surface area contributed by atoms with E-state index in [0.717, 1.165) is 0 Å². The molecule has 2 rings (SSSR count). The SMILES string of the molecule is CC(C)C(C)N(C)C(=O)c1ccc(F)c2ccccc12. The van der Waals surface area contributed by atoms with Gasteiger partial charge in [0, 0.05) is 24.0 Å². The minimum Gasteiger partial charge on any atom is -0.339 e. The third kappa shape index (κ3) is 2.53. The summed E-state index contributed by atoms with van der Waals surface area (Å²) in [5, 5.41) is 1.16. The molecule has 0 N–H and O–H groups in total. The van der Waals surface area contributed by atoms with Gasteiger partial charge in [0.1, 0.15) is 5.82 Å². The Balaban J connectivity index is 2.48. The number of hydrogen-bond donors (Lipinski definition) is 0. The Morgan fingerprint density at radius 3 is 2.25 bits per heavy atom. The number of rotatable bonds is 3. The summed E-state index contributed by atoms with van der Waals surface area (Å²) in [5.41, 5.74) is 0.553. The van der Waals surface area contributed by atoms with Crippen molar-refractivity contribution in [3.63, 3.8) is 0 Å². The number of carbonyl (C=O) groups is 1. The van der Waals surface area contributed by atoms with Crippen LogP contribution < -0.4 is 0 Å². The zero-order valence-electron chi connectivity index (χ0n) is 12.4. The zero-order chi connectivity index (χ0) is 14.9. The Morgan fingerprint density at radius 1 is 1.05 bits per heavy atom. The van der Waals surface area contributed by atoms with E-state index in [9.17, 15) is 9.18 Å². The molecular weight excluding hydrogens is 253 g/mol. The van der Waals surface area contributed by atoms with Crippen LogP contribution in [0.4, 0.5) is 4.39 Å². The molecule has 3 heteroatoms. The summed E-state index contributed by atoms with van der Waals surface area (Å²) in [5.74, 6) is 0.00905. The Bertz CT molecular complexity index is 636. The maximum Gasteiger partial charge on any atom is 0.254 e. The highest BCUT2D eigenvalue weighted by Crippen LogP contribution is 2.24. The van der Waals surface area contributed by atoms with E-state index in [4.69, 9.17) is 0 Å². The van der Waals surface area contributed by atoms with E-state index < -0.39 is 0 Å². The van der Waals surface area contributed by atoms with E-state index in [1.165, 1.54) is 6.07 Å². The molecule has 1 atom stereocenters. The van der Waals surface area contributed by atoms with Crippen molar-refractivity contribution in [2.75, 3.05) is 7.05 Å². The highest BCUT2D eigenvalue weighted by atomic mass is 19.1. The molecule has 2 aromatic carbocycles. The predicted octanol–water partition coefficient (Wildman–Crippen LogP) is 4.10. The summed E-state index contributed by atoms with van der Waals surface area (Å²) in [6, 6.07) is 10.2. The fourth-order valence-corrected chi connectivity index (χ4v) is 2.27. The molecule has 0 radical (unpaired) electrons. The average Bonchev–Trinajstić information content (AvgIpc) is 2.45. The maximum absolute atomic E-state index is 13.8. The Morgan fingerprint density at radius 2 is 1.65 bits per heavy atom. The van der Waals surface area contributed by atoms with E-state index in [0.29, 0.717) is 22.3 Å². The van der Waals surface area contributed by atoms with Crippen molar-refractivity contribution < 1.29 is 9.18 Å². The van der Waals surface area contributed by atoms with Crippen molar-refractivity contribution in [1.82, 2.24) is 4.90 Å². The fraction of sp³-hybridized carbons (Fsp3) is 0.353. The summed E-state index contributed by atoms with van der Waals surface area (Å²) in [7, 11) is 1.80. The van der Waals surface area contributed by atoms with Gasteiger partial charge in [-0.1, -0.05) is 38.1 Å². The van der Waals surface area contributed by atoms with Crippen molar-refractivity contribution in [1.29, 1.82) is 0 Å². The van der Waals surface area contributed by atoms with Gasteiger partial charge in [-0.05, 0) is 30.4 Å². The molecule has 0 bridgehead atoms. The number of carbonyl (C=O) groups excluding carboxylic acids is 1. The van der Waals surface area contributed by atoms with Crippen molar-refractivity contribution >= 4 is 16.7 Å². The second-order valence-electron chi connectivity index (χ2n) is 5.54. The number of amides is 1.